The van der Waals surface area contributed by atoms with E-state index in [1.165, 1.54) is 0 Å². The molecule has 0 unspecified atom stereocenters. The first kappa shape index (κ1) is 17.2. The summed E-state index contributed by atoms with van der Waals surface area (Å²) >= 11 is 0. The van der Waals surface area contributed by atoms with Crippen molar-refractivity contribution in [3.05, 3.63) is 35.4 Å². The molecule has 0 aliphatic carbocycles. The highest BCUT2D eigenvalue weighted by atomic mass is 16.2. The zero-order valence-electron chi connectivity index (χ0n) is 13.1. The summed E-state index contributed by atoms with van der Waals surface area (Å²) in [4.78, 5) is 25.9. The Morgan fingerprint density at radius 3 is 2.14 bits per heavy atom. The minimum Gasteiger partial charge on any atom is -0.352 e. The molecule has 2 N–H and O–H groups in total. The number of hydrogen-bond donors (Lipinski definition) is 2. The molecule has 0 bridgehead atoms. The number of hydrogen-bond acceptors (Lipinski definition) is 3. The Morgan fingerprint density at radius 1 is 1.05 bits per heavy atom. The minimum atomic E-state index is -0.153. The van der Waals surface area contributed by atoms with E-state index in [2.05, 4.69) is 17.6 Å². The number of rotatable bonds is 8. The first-order valence-corrected chi connectivity index (χ1v) is 7.35. The van der Waals surface area contributed by atoms with E-state index < -0.39 is 0 Å². The van der Waals surface area contributed by atoms with Gasteiger partial charge >= 0.3 is 0 Å². The highest BCUT2D eigenvalue weighted by Crippen LogP contribution is 2.05. The summed E-state index contributed by atoms with van der Waals surface area (Å²) in [5, 5.41) is 5.68. The van der Waals surface area contributed by atoms with Crippen molar-refractivity contribution in [2.24, 2.45) is 0 Å². The summed E-state index contributed by atoms with van der Waals surface area (Å²) in [6.07, 6.45) is 1.99. The van der Waals surface area contributed by atoms with Crippen LogP contribution in [0.5, 0.6) is 0 Å². The Kier molecular flexibility index (Phi) is 7.46. The van der Waals surface area contributed by atoms with E-state index in [0.717, 1.165) is 19.4 Å². The van der Waals surface area contributed by atoms with Crippen LogP contribution in [0.1, 0.15) is 40.5 Å². The van der Waals surface area contributed by atoms with Gasteiger partial charge in [0.15, 0.2) is 0 Å². The van der Waals surface area contributed by atoms with E-state index in [0.29, 0.717) is 24.2 Å². The van der Waals surface area contributed by atoms with E-state index in [1.807, 2.05) is 19.0 Å². The normalized spacial score (nSPS) is 10.5. The third-order valence-corrected chi connectivity index (χ3v) is 3.05. The smallest absolute Gasteiger partial charge is 0.251 e. The van der Waals surface area contributed by atoms with Gasteiger partial charge in [-0.25, -0.2) is 0 Å². The van der Waals surface area contributed by atoms with Crippen LogP contribution in [-0.2, 0) is 0 Å². The average Bonchev–Trinajstić information content (AvgIpc) is 2.47. The van der Waals surface area contributed by atoms with E-state index in [1.54, 1.807) is 24.3 Å². The van der Waals surface area contributed by atoms with Crippen LogP contribution in [0.3, 0.4) is 0 Å². The largest absolute Gasteiger partial charge is 0.352 e. The van der Waals surface area contributed by atoms with Crippen molar-refractivity contribution in [2.45, 2.75) is 19.8 Å². The lowest BCUT2D eigenvalue weighted by Gasteiger charge is -2.11. The number of carbonyl (C=O) groups is 2. The molecule has 1 rings (SSSR count). The Balaban J connectivity index is 2.58. The molecular formula is C16H25N3O2. The summed E-state index contributed by atoms with van der Waals surface area (Å²) in [6, 6.07) is 6.80. The van der Waals surface area contributed by atoms with Gasteiger partial charge < -0.3 is 15.5 Å². The zero-order valence-corrected chi connectivity index (χ0v) is 13.1. The molecule has 0 heterocycles. The van der Waals surface area contributed by atoms with E-state index >= 15 is 0 Å². The zero-order chi connectivity index (χ0) is 15.7. The van der Waals surface area contributed by atoms with Gasteiger partial charge in [0.2, 0.25) is 0 Å². The molecule has 0 aliphatic heterocycles. The lowest BCUT2D eigenvalue weighted by Crippen LogP contribution is -2.31. The highest BCUT2D eigenvalue weighted by molar-refractivity contribution is 5.99. The third kappa shape index (κ3) is 6.40. The van der Waals surface area contributed by atoms with E-state index in [-0.39, 0.29) is 11.8 Å². The van der Waals surface area contributed by atoms with Crippen LogP contribution in [0.15, 0.2) is 24.3 Å². The SMILES string of the molecule is CCCCNC(=O)c1cccc(C(=O)NCCN(C)C)c1. The quantitative estimate of drug-likeness (QED) is 0.714. The third-order valence-electron chi connectivity index (χ3n) is 3.05. The van der Waals surface area contributed by atoms with E-state index in [9.17, 15) is 9.59 Å². The second-order valence-corrected chi connectivity index (χ2v) is 5.25. The molecule has 0 fully saturated rings. The summed E-state index contributed by atoms with van der Waals surface area (Å²) in [5.41, 5.74) is 1.03. The number of unbranched alkanes of at least 4 members (excludes halogenated alkanes) is 1. The second kappa shape index (κ2) is 9.13. The van der Waals surface area contributed by atoms with Gasteiger partial charge in [-0.1, -0.05) is 19.4 Å². The second-order valence-electron chi connectivity index (χ2n) is 5.25. The van der Waals surface area contributed by atoms with Gasteiger partial charge in [-0.15, -0.1) is 0 Å². The van der Waals surface area contributed by atoms with Crippen LogP contribution in [0, 0.1) is 0 Å². The average molecular weight is 291 g/mol. The molecule has 1 aromatic carbocycles. The number of nitrogens with zero attached hydrogens (tertiary/aromatic N) is 1. The van der Waals surface area contributed by atoms with Crippen molar-refractivity contribution in [3.8, 4) is 0 Å². The van der Waals surface area contributed by atoms with Gasteiger partial charge in [0.25, 0.3) is 11.8 Å². The lowest BCUT2D eigenvalue weighted by molar-refractivity contribution is 0.0950. The van der Waals surface area contributed by atoms with Crippen molar-refractivity contribution in [1.82, 2.24) is 15.5 Å². The van der Waals surface area contributed by atoms with Gasteiger partial charge in [-0.2, -0.15) is 0 Å². The number of carbonyl (C=O) groups excluding carboxylic acids is 2. The molecule has 116 valence electrons. The van der Waals surface area contributed by atoms with Gasteiger partial charge in [0.1, 0.15) is 0 Å². The van der Waals surface area contributed by atoms with Crippen molar-refractivity contribution >= 4 is 11.8 Å². The maximum Gasteiger partial charge on any atom is 0.251 e. The molecule has 0 saturated carbocycles. The Labute approximate surface area is 126 Å². The van der Waals surface area contributed by atoms with Crippen LogP contribution in [-0.4, -0.2) is 50.4 Å². The number of benzene rings is 1. The molecule has 5 nitrogen and oxygen atoms in total. The summed E-state index contributed by atoms with van der Waals surface area (Å²) in [6.45, 7) is 4.10. The molecular weight excluding hydrogens is 266 g/mol. The summed E-state index contributed by atoms with van der Waals surface area (Å²) < 4.78 is 0. The molecule has 2 amide bonds. The van der Waals surface area contributed by atoms with Crippen LogP contribution in [0.4, 0.5) is 0 Å². The fourth-order valence-corrected chi connectivity index (χ4v) is 1.78. The number of likely N-dealkylation sites (N-methyl/N-ethyl adjacent to an activating group) is 1. The molecule has 0 atom stereocenters. The maximum absolute atomic E-state index is 12.0. The molecule has 0 aliphatic rings. The van der Waals surface area contributed by atoms with Crippen LogP contribution < -0.4 is 10.6 Å². The Bertz CT molecular complexity index is 472. The Morgan fingerprint density at radius 2 is 1.62 bits per heavy atom. The van der Waals surface area contributed by atoms with Crippen LogP contribution in [0.25, 0.3) is 0 Å². The topological polar surface area (TPSA) is 61.4 Å². The monoisotopic (exact) mass is 291 g/mol. The highest BCUT2D eigenvalue weighted by Gasteiger charge is 2.09. The van der Waals surface area contributed by atoms with Crippen molar-refractivity contribution in [3.63, 3.8) is 0 Å². The number of amides is 2. The molecule has 5 heteroatoms. The standard InChI is InChI=1S/C16H25N3O2/c1-4-5-9-17-15(20)13-7-6-8-14(12-13)16(21)18-10-11-19(2)3/h6-8,12H,4-5,9-11H2,1-3H3,(H,17,20)(H,18,21). The first-order chi connectivity index (χ1) is 10.0. The van der Waals surface area contributed by atoms with Gasteiger partial charge in [-0.3, -0.25) is 9.59 Å². The van der Waals surface area contributed by atoms with Crippen molar-refractivity contribution in [2.75, 3.05) is 33.7 Å². The number of nitrogens with one attached hydrogen (secondary N) is 2. The van der Waals surface area contributed by atoms with Crippen LogP contribution in [0.2, 0.25) is 0 Å². The van der Waals surface area contributed by atoms with Crippen LogP contribution >= 0.6 is 0 Å². The first-order valence-electron chi connectivity index (χ1n) is 7.35. The molecule has 1 aromatic rings. The predicted octanol–water partition coefficient (Wildman–Crippen LogP) is 1.51. The Hall–Kier alpha value is -1.88. The van der Waals surface area contributed by atoms with Crippen molar-refractivity contribution < 1.29 is 9.59 Å². The van der Waals surface area contributed by atoms with Gasteiger partial charge in [0, 0.05) is 30.8 Å². The molecule has 0 spiro atoms. The summed E-state index contributed by atoms with van der Waals surface area (Å²) in [7, 11) is 3.90. The summed E-state index contributed by atoms with van der Waals surface area (Å²) in [5.74, 6) is -0.286. The minimum absolute atomic E-state index is 0.133. The fourth-order valence-electron chi connectivity index (χ4n) is 1.78. The maximum atomic E-state index is 12.0. The lowest BCUT2D eigenvalue weighted by atomic mass is 10.1. The van der Waals surface area contributed by atoms with Gasteiger partial charge in [0.05, 0.1) is 0 Å². The molecule has 0 radical (unpaired) electrons. The molecule has 0 aromatic heterocycles. The van der Waals surface area contributed by atoms with E-state index in [4.69, 9.17) is 0 Å². The fraction of sp³-hybridized carbons (Fsp3) is 0.500. The van der Waals surface area contributed by atoms with Crippen molar-refractivity contribution in [1.29, 1.82) is 0 Å². The molecule has 0 saturated heterocycles. The van der Waals surface area contributed by atoms with Gasteiger partial charge in [-0.05, 0) is 38.7 Å². The predicted molar refractivity (Wildman–Crippen MR) is 84.6 cm³/mol. The molecule has 21 heavy (non-hydrogen) atoms.